The third kappa shape index (κ3) is 2.77. The molecule has 2 aromatic heterocycles. The van der Waals surface area contributed by atoms with Gasteiger partial charge in [-0.1, -0.05) is 15.9 Å². The van der Waals surface area contributed by atoms with E-state index >= 15 is 0 Å². The number of alkyl halides is 1. The Kier molecular flexibility index (Phi) is 4.34. The van der Waals surface area contributed by atoms with Gasteiger partial charge in [-0.25, -0.2) is 9.97 Å². The monoisotopic (exact) mass is 313 g/mol. The molecular formula is C12H16BrN3S. The van der Waals surface area contributed by atoms with Crippen molar-refractivity contribution in [1.82, 2.24) is 9.97 Å². The van der Waals surface area contributed by atoms with Crippen LogP contribution in [0.5, 0.6) is 0 Å². The highest BCUT2D eigenvalue weighted by Gasteiger charge is 2.15. The van der Waals surface area contributed by atoms with E-state index in [0.29, 0.717) is 6.04 Å². The van der Waals surface area contributed by atoms with Crippen molar-refractivity contribution in [2.45, 2.75) is 26.3 Å². The maximum absolute atomic E-state index is 4.46. The average molecular weight is 314 g/mol. The van der Waals surface area contributed by atoms with Gasteiger partial charge in [-0.3, -0.25) is 0 Å². The average Bonchev–Trinajstić information content (AvgIpc) is 2.77. The van der Waals surface area contributed by atoms with Gasteiger partial charge >= 0.3 is 0 Å². The minimum Gasteiger partial charge on any atom is -0.353 e. The number of aromatic nitrogens is 2. The topological polar surface area (TPSA) is 29.0 Å². The first-order valence-corrected chi connectivity index (χ1v) is 7.75. The summed E-state index contributed by atoms with van der Waals surface area (Å²) < 4.78 is 1.19. The van der Waals surface area contributed by atoms with Crippen molar-refractivity contribution in [3.63, 3.8) is 0 Å². The lowest BCUT2D eigenvalue weighted by Gasteiger charge is -2.27. The summed E-state index contributed by atoms with van der Waals surface area (Å²) in [6.45, 7) is 5.43. The van der Waals surface area contributed by atoms with Crippen molar-refractivity contribution in [3.05, 3.63) is 17.8 Å². The molecule has 0 radical (unpaired) electrons. The minimum absolute atomic E-state index is 0.453. The van der Waals surface area contributed by atoms with Crippen LogP contribution in [0.1, 0.15) is 20.3 Å². The highest BCUT2D eigenvalue weighted by Crippen LogP contribution is 2.29. The molecule has 0 aliphatic rings. The zero-order valence-electron chi connectivity index (χ0n) is 10.1. The number of halogens is 1. The molecule has 2 rings (SSSR count). The Morgan fingerprint density at radius 2 is 2.24 bits per heavy atom. The molecule has 0 saturated heterocycles. The summed E-state index contributed by atoms with van der Waals surface area (Å²) in [5.74, 6) is 1.07. The number of nitrogens with zero attached hydrogens (tertiary/aromatic N) is 3. The second-order valence-electron chi connectivity index (χ2n) is 4.16. The Hall–Kier alpha value is -0.680. The van der Waals surface area contributed by atoms with Gasteiger partial charge in [0, 0.05) is 17.9 Å². The molecule has 0 aliphatic heterocycles. The fraction of sp³-hybridized carbons (Fsp3) is 0.500. The SMILES string of the molecule is CC(C)N(CCCBr)c1ncnc2ccsc12. The molecule has 2 aromatic rings. The van der Waals surface area contributed by atoms with Crippen LogP contribution >= 0.6 is 27.3 Å². The highest BCUT2D eigenvalue weighted by molar-refractivity contribution is 9.09. The van der Waals surface area contributed by atoms with Crippen LogP contribution in [0.4, 0.5) is 5.82 Å². The van der Waals surface area contributed by atoms with E-state index in [2.05, 4.69) is 50.0 Å². The van der Waals surface area contributed by atoms with E-state index < -0.39 is 0 Å². The van der Waals surface area contributed by atoms with Gasteiger partial charge in [-0.2, -0.15) is 0 Å². The number of anilines is 1. The molecule has 0 atom stereocenters. The summed E-state index contributed by atoms with van der Waals surface area (Å²) in [6, 6.07) is 2.50. The van der Waals surface area contributed by atoms with Crippen LogP contribution in [0.25, 0.3) is 10.2 Å². The van der Waals surface area contributed by atoms with Gasteiger partial charge in [0.2, 0.25) is 0 Å². The highest BCUT2D eigenvalue weighted by atomic mass is 79.9. The Balaban J connectivity index is 2.37. The van der Waals surface area contributed by atoms with Crippen molar-refractivity contribution in [2.75, 3.05) is 16.8 Å². The van der Waals surface area contributed by atoms with E-state index in [0.717, 1.165) is 29.6 Å². The maximum Gasteiger partial charge on any atom is 0.150 e. The smallest absolute Gasteiger partial charge is 0.150 e. The van der Waals surface area contributed by atoms with E-state index in [1.807, 2.05) is 6.07 Å². The second-order valence-corrected chi connectivity index (χ2v) is 5.87. The molecule has 5 heteroatoms. The lowest BCUT2D eigenvalue weighted by Crippen LogP contribution is -2.32. The predicted octanol–water partition coefficient (Wildman–Crippen LogP) is 3.69. The molecular weight excluding hydrogens is 298 g/mol. The molecule has 0 N–H and O–H groups in total. The van der Waals surface area contributed by atoms with Gasteiger partial charge in [0.25, 0.3) is 0 Å². The molecule has 0 bridgehead atoms. The van der Waals surface area contributed by atoms with E-state index in [1.54, 1.807) is 17.7 Å². The Morgan fingerprint density at radius 1 is 1.41 bits per heavy atom. The molecule has 0 fully saturated rings. The lowest BCUT2D eigenvalue weighted by molar-refractivity contribution is 0.667. The Bertz CT molecular complexity index is 483. The van der Waals surface area contributed by atoms with E-state index in [1.165, 1.54) is 4.70 Å². The van der Waals surface area contributed by atoms with Crippen molar-refractivity contribution in [3.8, 4) is 0 Å². The Labute approximate surface area is 114 Å². The van der Waals surface area contributed by atoms with E-state index in [9.17, 15) is 0 Å². The molecule has 0 unspecified atom stereocenters. The van der Waals surface area contributed by atoms with Crippen molar-refractivity contribution in [1.29, 1.82) is 0 Å². The molecule has 0 spiro atoms. The van der Waals surface area contributed by atoms with Gasteiger partial charge in [0.15, 0.2) is 0 Å². The van der Waals surface area contributed by atoms with Crippen LogP contribution in [0.15, 0.2) is 17.8 Å². The van der Waals surface area contributed by atoms with Gasteiger partial charge in [0.1, 0.15) is 12.1 Å². The van der Waals surface area contributed by atoms with Crippen LogP contribution in [0.2, 0.25) is 0 Å². The van der Waals surface area contributed by atoms with E-state index in [4.69, 9.17) is 0 Å². The van der Waals surface area contributed by atoms with Crippen LogP contribution in [0.3, 0.4) is 0 Å². The molecule has 0 saturated carbocycles. The Morgan fingerprint density at radius 3 is 2.94 bits per heavy atom. The summed E-state index contributed by atoms with van der Waals surface area (Å²) in [4.78, 5) is 11.1. The summed E-state index contributed by atoms with van der Waals surface area (Å²) in [5.41, 5.74) is 1.05. The summed E-state index contributed by atoms with van der Waals surface area (Å²) in [7, 11) is 0. The number of thiophene rings is 1. The van der Waals surface area contributed by atoms with Crippen LogP contribution in [-0.4, -0.2) is 27.9 Å². The number of fused-ring (bicyclic) bond motifs is 1. The summed E-state index contributed by atoms with van der Waals surface area (Å²) in [6.07, 6.45) is 2.78. The minimum atomic E-state index is 0.453. The first-order valence-electron chi connectivity index (χ1n) is 5.75. The lowest BCUT2D eigenvalue weighted by atomic mass is 10.3. The van der Waals surface area contributed by atoms with Crippen LogP contribution in [-0.2, 0) is 0 Å². The quantitative estimate of drug-likeness (QED) is 0.788. The normalized spacial score (nSPS) is 11.3. The second kappa shape index (κ2) is 5.78. The number of hydrogen-bond donors (Lipinski definition) is 0. The maximum atomic E-state index is 4.46. The first-order chi connectivity index (χ1) is 8.24. The molecule has 0 aromatic carbocycles. The van der Waals surface area contributed by atoms with E-state index in [-0.39, 0.29) is 0 Å². The largest absolute Gasteiger partial charge is 0.353 e. The standard InChI is InChI=1S/C12H16BrN3S/c1-9(2)16(6-3-5-13)12-11-10(4-7-17-11)14-8-15-12/h4,7-9H,3,5-6H2,1-2H3. The fourth-order valence-corrected chi connectivity index (χ4v) is 2.92. The summed E-state index contributed by atoms with van der Waals surface area (Å²) >= 11 is 5.20. The molecule has 0 amide bonds. The van der Waals surface area contributed by atoms with Gasteiger partial charge in [-0.05, 0) is 31.7 Å². The zero-order chi connectivity index (χ0) is 12.3. The van der Waals surface area contributed by atoms with Crippen molar-refractivity contribution >= 4 is 43.3 Å². The van der Waals surface area contributed by atoms with Crippen molar-refractivity contribution in [2.24, 2.45) is 0 Å². The first kappa shape index (κ1) is 12.8. The third-order valence-electron chi connectivity index (χ3n) is 2.65. The van der Waals surface area contributed by atoms with Gasteiger partial charge in [-0.15, -0.1) is 11.3 Å². The molecule has 92 valence electrons. The molecule has 2 heterocycles. The molecule has 0 aliphatic carbocycles. The molecule has 17 heavy (non-hydrogen) atoms. The van der Waals surface area contributed by atoms with Crippen molar-refractivity contribution < 1.29 is 0 Å². The number of rotatable bonds is 5. The fourth-order valence-electron chi connectivity index (χ4n) is 1.82. The third-order valence-corrected chi connectivity index (χ3v) is 4.11. The number of hydrogen-bond acceptors (Lipinski definition) is 4. The predicted molar refractivity (Wildman–Crippen MR) is 78.3 cm³/mol. The van der Waals surface area contributed by atoms with Gasteiger partial charge in [0.05, 0.1) is 10.2 Å². The zero-order valence-corrected chi connectivity index (χ0v) is 12.5. The van der Waals surface area contributed by atoms with Gasteiger partial charge < -0.3 is 4.90 Å². The summed E-state index contributed by atoms with van der Waals surface area (Å²) in [5, 5.41) is 3.10. The molecule has 3 nitrogen and oxygen atoms in total. The van der Waals surface area contributed by atoms with Crippen LogP contribution in [0, 0.1) is 0 Å². The van der Waals surface area contributed by atoms with Crippen LogP contribution < -0.4 is 4.90 Å².